The number of nitrogens with zero attached hydrogens (tertiary/aromatic N) is 2. The third kappa shape index (κ3) is 2.85. The van der Waals surface area contributed by atoms with Gasteiger partial charge in [0.15, 0.2) is 0 Å². The Balaban J connectivity index is 1.75. The number of carbonyl (C=O) groups excluding carboxylic acids is 2. The van der Waals surface area contributed by atoms with E-state index < -0.39 is 6.04 Å². The fourth-order valence-corrected chi connectivity index (χ4v) is 3.74. The van der Waals surface area contributed by atoms with Gasteiger partial charge >= 0.3 is 5.97 Å². The highest BCUT2D eigenvalue weighted by atomic mass is 16.5. The summed E-state index contributed by atoms with van der Waals surface area (Å²) in [4.78, 5) is 31.0. The SMILES string of the molecule is CCC(C(=O)OC)N1Cc2ccc(-c3ccnc4ccccc34)cc2C1=O. The van der Waals surface area contributed by atoms with E-state index in [4.69, 9.17) is 4.74 Å². The Kier molecular flexibility index (Phi) is 4.36. The Morgan fingerprint density at radius 3 is 2.78 bits per heavy atom. The van der Waals surface area contributed by atoms with Crippen molar-refractivity contribution in [3.8, 4) is 11.1 Å². The molecule has 4 rings (SSSR count). The molecule has 1 unspecified atom stereocenters. The molecule has 2 aromatic carbocycles. The number of hydrogen-bond acceptors (Lipinski definition) is 4. The van der Waals surface area contributed by atoms with Gasteiger partial charge in [-0.1, -0.05) is 37.3 Å². The monoisotopic (exact) mass is 360 g/mol. The predicted molar refractivity (Wildman–Crippen MR) is 103 cm³/mol. The van der Waals surface area contributed by atoms with Crippen molar-refractivity contribution in [2.75, 3.05) is 7.11 Å². The zero-order valence-corrected chi connectivity index (χ0v) is 15.3. The molecule has 136 valence electrons. The third-order valence-corrected chi connectivity index (χ3v) is 5.14. The average molecular weight is 360 g/mol. The second-order valence-corrected chi connectivity index (χ2v) is 6.63. The summed E-state index contributed by atoms with van der Waals surface area (Å²) in [5.74, 6) is -0.499. The lowest BCUT2D eigenvalue weighted by molar-refractivity contribution is -0.146. The Morgan fingerprint density at radius 2 is 2.00 bits per heavy atom. The molecule has 1 aromatic heterocycles. The molecule has 27 heavy (non-hydrogen) atoms. The van der Waals surface area contributed by atoms with E-state index in [1.54, 1.807) is 11.1 Å². The lowest BCUT2D eigenvalue weighted by Crippen LogP contribution is -2.41. The van der Waals surface area contributed by atoms with Crippen LogP contribution >= 0.6 is 0 Å². The number of para-hydroxylation sites is 1. The number of ether oxygens (including phenoxy) is 1. The molecule has 1 aliphatic rings. The van der Waals surface area contributed by atoms with E-state index in [0.29, 0.717) is 18.5 Å². The summed E-state index contributed by atoms with van der Waals surface area (Å²) in [7, 11) is 1.35. The highest BCUT2D eigenvalue weighted by molar-refractivity contribution is 6.03. The number of fused-ring (bicyclic) bond motifs is 2. The highest BCUT2D eigenvalue weighted by Crippen LogP contribution is 2.33. The van der Waals surface area contributed by atoms with E-state index in [-0.39, 0.29) is 11.9 Å². The summed E-state index contributed by atoms with van der Waals surface area (Å²) in [5, 5.41) is 1.04. The molecule has 0 aliphatic carbocycles. The zero-order valence-electron chi connectivity index (χ0n) is 15.3. The Morgan fingerprint density at radius 1 is 1.19 bits per heavy atom. The van der Waals surface area contributed by atoms with E-state index in [9.17, 15) is 9.59 Å². The molecule has 0 radical (unpaired) electrons. The maximum atomic E-state index is 13.0. The van der Waals surface area contributed by atoms with Gasteiger partial charge in [0.1, 0.15) is 6.04 Å². The van der Waals surface area contributed by atoms with Crippen LogP contribution in [0.15, 0.2) is 54.7 Å². The van der Waals surface area contributed by atoms with Crippen LogP contribution in [0, 0.1) is 0 Å². The Hall–Kier alpha value is -3.21. The van der Waals surface area contributed by atoms with Gasteiger partial charge in [-0.2, -0.15) is 0 Å². The van der Waals surface area contributed by atoms with Crippen LogP contribution in [-0.2, 0) is 16.1 Å². The summed E-state index contributed by atoms with van der Waals surface area (Å²) in [6.07, 6.45) is 2.30. The summed E-state index contributed by atoms with van der Waals surface area (Å²) < 4.78 is 4.86. The maximum absolute atomic E-state index is 13.0. The van der Waals surface area contributed by atoms with Crippen LogP contribution in [0.25, 0.3) is 22.0 Å². The molecule has 0 saturated carbocycles. The highest BCUT2D eigenvalue weighted by Gasteiger charge is 2.36. The number of methoxy groups -OCH3 is 1. The standard InChI is InChI=1S/C22H20N2O3/c1-3-20(22(26)27-2)24-13-15-9-8-14(12-18(15)21(24)25)16-10-11-23-19-7-5-4-6-17(16)19/h4-12,20H,3,13H2,1-2H3. The first-order valence-electron chi connectivity index (χ1n) is 9.00. The largest absolute Gasteiger partial charge is 0.467 e. The number of benzene rings is 2. The number of amides is 1. The van der Waals surface area contributed by atoms with Crippen LogP contribution in [0.3, 0.4) is 0 Å². The number of esters is 1. The molecule has 0 bridgehead atoms. The van der Waals surface area contributed by atoms with Crippen LogP contribution in [0.4, 0.5) is 0 Å². The molecule has 1 amide bonds. The Labute approximate surface area is 157 Å². The molecule has 0 spiro atoms. The minimum Gasteiger partial charge on any atom is -0.467 e. The molecule has 1 aliphatic heterocycles. The first-order chi connectivity index (χ1) is 13.1. The number of carbonyl (C=O) groups is 2. The quantitative estimate of drug-likeness (QED) is 0.664. The van der Waals surface area contributed by atoms with Gasteiger partial charge < -0.3 is 9.64 Å². The van der Waals surface area contributed by atoms with Crippen LogP contribution in [0.5, 0.6) is 0 Å². The number of hydrogen-bond donors (Lipinski definition) is 0. The topological polar surface area (TPSA) is 59.5 Å². The van der Waals surface area contributed by atoms with Gasteiger partial charge in [-0.15, -0.1) is 0 Å². The molecule has 3 aromatic rings. The molecular formula is C22H20N2O3. The molecule has 0 fully saturated rings. The van der Waals surface area contributed by atoms with E-state index in [1.807, 2.05) is 55.5 Å². The van der Waals surface area contributed by atoms with Crippen molar-refractivity contribution in [2.45, 2.75) is 25.9 Å². The number of rotatable bonds is 4. The molecule has 5 heteroatoms. The zero-order chi connectivity index (χ0) is 19.0. The van der Waals surface area contributed by atoms with E-state index in [2.05, 4.69) is 4.98 Å². The Bertz CT molecular complexity index is 1040. The van der Waals surface area contributed by atoms with Crippen molar-refractivity contribution in [2.24, 2.45) is 0 Å². The lowest BCUT2D eigenvalue weighted by Gasteiger charge is -2.24. The van der Waals surface area contributed by atoms with Crippen molar-refractivity contribution in [1.82, 2.24) is 9.88 Å². The molecule has 5 nitrogen and oxygen atoms in total. The molecular weight excluding hydrogens is 340 g/mol. The van der Waals surface area contributed by atoms with E-state index in [1.165, 1.54) is 7.11 Å². The van der Waals surface area contributed by atoms with Crippen molar-refractivity contribution >= 4 is 22.8 Å². The first kappa shape index (κ1) is 17.2. The molecule has 2 heterocycles. The second-order valence-electron chi connectivity index (χ2n) is 6.63. The maximum Gasteiger partial charge on any atom is 0.328 e. The predicted octanol–water partition coefficient (Wildman–Crippen LogP) is 3.81. The molecule has 0 saturated heterocycles. The number of aromatic nitrogens is 1. The van der Waals surface area contributed by atoms with Crippen LogP contribution < -0.4 is 0 Å². The minimum absolute atomic E-state index is 0.123. The molecule has 0 N–H and O–H groups in total. The third-order valence-electron chi connectivity index (χ3n) is 5.14. The van der Waals surface area contributed by atoms with Gasteiger partial charge in [0.2, 0.25) is 0 Å². The van der Waals surface area contributed by atoms with Crippen LogP contribution in [0.1, 0.15) is 29.3 Å². The molecule has 1 atom stereocenters. The van der Waals surface area contributed by atoms with E-state index >= 15 is 0 Å². The fraction of sp³-hybridized carbons (Fsp3) is 0.227. The van der Waals surface area contributed by atoms with Gasteiger partial charge in [-0.25, -0.2) is 4.79 Å². The van der Waals surface area contributed by atoms with E-state index in [0.717, 1.165) is 27.6 Å². The summed E-state index contributed by atoms with van der Waals surface area (Å²) in [5.41, 5.74) is 4.50. The van der Waals surface area contributed by atoms with Gasteiger partial charge in [0.25, 0.3) is 5.91 Å². The summed E-state index contributed by atoms with van der Waals surface area (Å²) in [6.45, 7) is 2.31. The first-order valence-corrected chi connectivity index (χ1v) is 9.00. The normalized spacial score (nSPS) is 14.3. The van der Waals surface area contributed by atoms with Crippen molar-refractivity contribution in [3.63, 3.8) is 0 Å². The van der Waals surface area contributed by atoms with Gasteiger partial charge in [-0.05, 0) is 41.3 Å². The second kappa shape index (κ2) is 6.83. The van der Waals surface area contributed by atoms with Crippen molar-refractivity contribution in [3.05, 3.63) is 65.9 Å². The van der Waals surface area contributed by atoms with Crippen molar-refractivity contribution in [1.29, 1.82) is 0 Å². The van der Waals surface area contributed by atoms with Gasteiger partial charge in [-0.3, -0.25) is 9.78 Å². The minimum atomic E-state index is -0.555. The number of pyridine rings is 1. The smallest absolute Gasteiger partial charge is 0.328 e. The van der Waals surface area contributed by atoms with Gasteiger partial charge in [0, 0.05) is 23.7 Å². The van der Waals surface area contributed by atoms with Crippen molar-refractivity contribution < 1.29 is 14.3 Å². The average Bonchev–Trinajstić information content (AvgIpc) is 3.04. The van der Waals surface area contributed by atoms with Crippen LogP contribution in [0.2, 0.25) is 0 Å². The van der Waals surface area contributed by atoms with Crippen LogP contribution in [-0.4, -0.2) is 34.9 Å². The summed E-state index contributed by atoms with van der Waals surface area (Å²) in [6, 6.07) is 15.3. The fourth-order valence-electron chi connectivity index (χ4n) is 3.74. The lowest BCUT2D eigenvalue weighted by atomic mass is 9.98. The van der Waals surface area contributed by atoms with Gasteiger partial charge in [0.05, 0.1) is 12.6 Å². The summed E-state index contributed by atoms with van der Waals surface area (Å²) >= 11 is 0.